The van der Waals surface area contributed by atoms with E-state index in [0.29, 0.717) is 12.2 Å². The van der Waals surface area contributed by atoms with Crippen molar-refractivity contribution in [2.24, 2.45) is 0 Å². The summed E-state index contributed by atoms with van der Waals surface area (Å²) in [5.74, 6) is -2.05. The van der Waals surface area contributed by atoms with E-state index in [1.807, 2.05) is 24.3 Å². The molecule has 1 fully saturated rings. The highest BCUT2D eigenvalue weighted by Gasteiger charge is 2.45. The number of benzene rings is 3. The summed E-state index contributed by atoms with van der Waals surface area (Å²) < 4.78 is 2.17. The van der Waals surface area contributed by atoms with Crippen LogP contribution >= 0.6 is 0 Å². The second kappa shape index (κ2) is 9.05. The molecule has 2 aliphatic rings. The summed E-state index contributed by atoms with van der Waals surface area (Å²) in [6, 6.07) is 20.6. The van der Waals surface area contributed by atoms with Crippen LogP contribution in [0.25, 0.3) is 10.8 Å². The second-order valence-corrected chi connectivity index (χ2v) is 9.40. The van der Waals surface area contributed by atoms with Crippen molar-refractivity contribution in [2.45, 2.75) is 32.0 Å². The highest BCUT2D eigenvalue weighted by molar-refractivity contribution is 6.25. The van der Waals surface area contributed by atoms with Gasteiger partial charge in [-0.1, -0.05) is 54.6 Å². The number of imide groups is 2. The van der Waals surface area contributed by atoms with E-state index >= 15 is 0 Å². The second-order valence-electron chi connectivity index (χ2n) is 9.40. The van der Waals surface area contributed by atoms with Gasteiger partial charge in [0.05, 0.1) is 11.1 Å². The van der Waals surface area contributed by atoms with Crippen molar-refractivity contribution in [1.82, 2.24) is 14.8 Å². The summed E-state index contributed by atoms with van der Waals surface area (Å²) in [6.07, 6.45) is 4.49. The fraction of sp³-hybridized carbons (Fsp3) is 0.172. The van der Waals surface area contributed by atoms with E-state index in [1.165, 1.54) is 16.3 Å². The topological polar surface area (TPSA) is 101 Å². The van der Waals surface area contributed by atoms with Crippen LogP contribution in [0.4, 0.5) is 5.69 Å². The highest BCUT2D eigenvalue weighted by atomic mass is 16.2. The molecular formula is C29H24N4O4. The molecule has 1 atom stereocenters. The predicted molar refractivity (Wildman–Crippen MR) is 138 cm³/mol. The number of hydrogen-bond acceptors (Lipinski definition) is 5. The Morgan fingerprint density at radius 2 is 1.51 bits per heavy atom. The molecule has 37 heavy (non-hydrogen) atoms. The molecule has 2 N–H and O–H groups in total. The first kappa shape index (κ1) is 22.7. The summed E-state index contributed by atoms with van der Waals surface area (Å²) in [4.78, 5) is 51.1. The van der Waals surface area contributed by atoms with Crippen LogP contribution in [0.2, 0.25) is 0 Å². The minimum Gasteiger partial charge on any atom is -0.380 e. The molecule has 1 unspecified atom stereocenters. The normalized spacial score (nSPS) is 17.3. The standard InChI is InChI=1S/C29H24N4O4/c34-25-13-12-24(27(35)31-25)33-28(36)22-6-3-7-23(26(22)29(33)37)30-14-18-8-10-19(11-9-18)15-32-16-20-4-1-2-5-21(20)17-32/h1-11,16-17,24,30H,12-15H2,(H,31,34,35). The van der Waals surface area contributed by atoms with E-state index in [4.69, 9.17) is 0 Å². The molecule has 6 rings (SSSR count). The predicted octanol–water partition coefficient (Wildman–Crippen LogP) is 3.70. The fourth-order valence-electron chi connectivity index (χ4n) is 5.06. The smallest absolute Gasteiger partial charge is 0.264 e. The first-order chi connectivity index (χ1) is 18.0. The molecule has 4 amide bonds. The number of aromatic nitrogens is 1. The molecule has 4 aromatic rings. The first-order valence-corrected chi connectivity index (χ1v) is 12.2. The lowest BCUT2D eigenvalue weighted by Gasteiger charge is -2.27. The maximum Gasteiger partial charge on any atom is 0.264 e. The lowest BCUT2D eigenvalue weighted by Crippen LogP contribution is -2.54. The molecule has 184 valence electrons. The molecule has 3 heterocycles. The molecule has 0 aliphatic carbocycles. The molecule has 0 bridgehead atoms. The summed E-state index contributed by atoms with van der Waals surface area (Å²) in [5, 5.41) is 7.92. The van der Waals surface area contributed by atoms with Crippen LogP contribution in [-0.2, 0) is 22.7 Å². The van der Waals surface area contributed by atoms with Crippen LogP contribution < -0.4 is 10.6 Å². The summed E-state index contributed by atoms with van der Waals surface area (Å²) in [5.41, 5.74) is 3.25. The van der Waals surface area contributed by atoms with E-state index in [0.717, 1.165) is 17.0 Å². The Labute approximate surface area is 212 Å². The van der Waals surface area contributed by atoms with Crippen molar-refractivity contribution in [3.63, 3.8) is 0 Å². The highest BCUT2D eigenvalue weighted by Crippen LogP contribution is 2.32. The Bertz CT molecular complexity index is 1540. The number of anilines is 1. The van der Waals surface area contributed by atoms with Gasteiger partial charge in [-0.15, -0.1) is 0 Å². The number of rotatable bonds is 6. The molecule has 0 radical (unpaired) electrons. The lowest BCUT2D eigenvalue weighted by molar-refractivity contribution is -0.136. The van der Waals surface area contributed by atoms with Crippen LogP contribution in [0.3, 0.4) is 0 Å². The Hall–Kier alpha value is -4.72. The molecule has 3 aromatic carbocycles. The SMILES string of the molecule is O=C1CCC(N2C(=O)c3cccc(NCc4ccc(Cn5cc6ccccc6c5)cc4)c3C2=O)C(=O)N1. The number of hydrogen-bond donors (Lipinski definition) is 2. The van der Waals surface area contributed by atoms with Crippen LogP contribution in [-0.4, -0.2) is 39.1 Å². The van der Waals surface area contributed by atoms with E-state index in [2.05, 4.69) is 51.9 Å². The Morgan fingerprint density at radius 1 is 0.811 bits per heavy atom. The molecule has 1 saturated heterocycles. The Balaban J connectivity index is 1.15. The van der Waals surface area contributed by atoms with Crippen molar-refractivity contribution in [2.75, 3.05) is 5.32 Å². The average molecular weight is 493 g/mol. The lowest BCUT2D eigenvalue weighted by atomic mass is 10.0. The Kier molecular flexibility index (Phi) is 5.56. The van der Waals surface area contributed by atoms with Crippen molar-refractivity contribution in [1.29, 1.82) is 0 Å². The van der Waals surface area contributed by atoms with Crippen LogP contribution in [0, 0.1) is 0 Å². The van der Waals surface area contributed by atoms with Crippen LogP contribution in [0.15, 0.2) is 79.1 Å². The van der Waals surface area contributed by atoms with Gasteiger partial charge in [-0.2, -0.15) is 0 Å². The third kappa shape index (κ3) is 4.16. The van der Waals surface area contributed by atoms with Gasteiger partial charge >= 0.3 is 0 Å². The van der Waals surface area contributed by atoms with E-state index in [-0.39, 0.29) is 24.0 Å². The number of amides is 4. The average Bonchev–Trinajstić information content (AvgIpc) is 3.42. The van der Waals surface area contributed by atoms with Crippen molar-refractivity contribution < 1.29 is 19.2 Å². The third-order valence-electron chi connectivity index (χ3n) is 6.95. The molecule has 0 saturated carbocycles. The van der Waals surface area contributed by atoms with Gasteiger partial charge in [0.25, 0.3) is 11.8 Å². The van der Waals surface area contributed by atoms with E-state index in [1.54, 1.807) is 18.2 Å². The maximum atomic E-state index is 13.2. The van der Waals surface area contributed by atoms with Gasteiger partial charge in [-0.3, -0.25) is 29.4 Å². The molecule has 8 nitrogen and oxygen atoms in total. The first-order valence-electron chi connectivity index (χ1n) is 12.2. The van der Waals surface area contributed by atoms with Crippen LogP contribution in [0.1, 0.15) is 44.7 Å². The van der Waals surface area contributed by atoms with Gasteiger partial charge in [0.15, 0.2) is 0 Å². The number of nitrogens with zero attached hydrogens (tertiary/aromatic N) is 2. The van der Waals surface area contributed by atoms with E-state index < -0.39 is 29.7 Å². The van der Waals surface area contributed by atoms with Gasteiger partial charge in [0.2, 0.25) is 11.8 Å². The van der Waals surface area contributed by atoms with Gasteiger partial charge in [0, 0.05) is 37.6 Å². The molecule has 8 heteroatoms. The van der Waals surface area contributed by atoms with Gasteiger partial charge in [0.1, 0.15) is 6.04 Å². The van der Waals surface area contributed by atoms with E-state index in [9.17, 15) is 19.2 Å². The number of fused-ring (bicyclic) bond motifs is 2. The zero-order chi connectivity index (χ0) is 25.5. The molecule has 0 spiro atoms. The summed E-state index contributed by atoms with van der Waals surface area (Å²) >= 11 is 0. The largest absolute Gasteiger partial charge is 0.380 e. The summed E-state index contributed by atoms with van der Waals surface area (Å²) in [6.45, 7) is 1.23. The number of piperidine rings is 1. The minimum absolute atomic E-state index is 0.0890. The maximum absolute atomic E-state index is 13.2. The van der Waals surface area contributed by atoms with Gasteiger partial charge in [-0.05, 0) is 40.5 Å². The van der Waals surface area contributed by atoms with Gasteiger partial charge < -0.3 is 9.88 Å². The third-order valence-corrected chi connectivity index (χ3v) is 6.95. The fourth-order valence-corrected chi connectivity index (χ4v) is 5.06. The molecular weight excluding hydrogens is 468 g/mol. The van der Waals surface area contributed by atoms with Gasteiger partial charge in [-0.25, -0.2) is 0 Å². The number of carbonyl (C=O) groups excluding carboxylic acids is 4. The quantitative estimate of drug-likeness (QED) is 0.400. The molecule has 2 aliphatic heterocycles. The van der Waals surface area contributed by atoms with Crippen molar-refractivity contribution >= 4 is 40.1 Å². The van der Waals surface area contributed by atoms with Crippen molar-refractivity contribution in [3.05, 3.63) is 101 Å². The van der Waals surface area contributed by atoms with Crippen molar-refractivity contribution in [3.8, 4) is 0 Å². The van der Waals surface area contributed by atoms with Crippen LogP contribution in [0.5, 0.6) is 0 Å². The number of carbonyl (C=O) groups is 4. The number of nitrogens with one attached hydrogen (secondary N) is 2. The Morgan fingerprint density at radius 3 is 2.22 bits per heavy atom. The monoisotopic (exact) mass is 492 g/mol. The minimum atomic E-state index is -0.983. The zero-order valence-electron chi connectivity index (χ0n) is 19.9. The zero-order valence-corrected chi connectivity index (χ0v) is 19.9. The molecule has 1 aromatic heterocycles. The summed E-state index contributed by atoms with van der Waals surface area (Å²) in [7, 11) is 0.